The minimum atomic E-state index is -0.522. The number of nitrogens with zero attached hydrogens (tertiary/aromatic N) is 2. The smallest absolute Gasteiger partial charge is 0.358 e. The number of methoxy groups -OCH3 is 1. The summed E-state index contributed by atoms with van der Waals surface area (Å²) in [5, 5.41) is 4.05. The third-order valence-electron chi connectivity index (χ3n) is 2.13. The fraction of sp³-hybridized carbons (Fsp3) is 0.231. The SMILES string of the molecule is CC.COC(=O)c1cc(Br)n(-c2ccc(F)cc2)n1. The van der Waals surface area contributed by atoms with E-state index in [1.807, 2.05) is 13.8 Å². The highest BCUT2D eigenvalue weighted by Crippen LogP contribution is 2.18. The minimum absolute atomic E-state index is 0.184. The summed E-state index contributed by atoms with van der Waals surface area (Å²) < 4.78 is 19.4. The van der Waals surface area contributed by atoms with Crippen LogP contribution in [0.15, 0.2) is 34.9 Å². The fourth-order valence-electron chi connectivity index (χ4n) is 1.33. The van der Waals surface area contributed by atoms with E-state index in [0.717, 1.165) is 0 Å². The van der Waals surface area contributed by atoms with Crippen LogP contribution < -0.4 is 0 Å². The molecule has 1 aromatic carbocycles. The van der Waals surface area contributed by atoms with Gasteiger partial charge in [0.25, 0.3) is 0 Å². The lowest BCUT2D eigenvalue weighted by Crippen LogP contribution is -2.04. The number of hydrogen-bond acceptors (Lipinski definition) is 3. The number of carbonyl (C=O) groups excluding carboxylic acids is 1. The lowest BCUT2D eigenvalue weighted by molar-refractivity contribution is 0.0593. The Bertz CT molecular complexity index is 552. The molecule has 0 radical (unpaired) electrons. The van der Waals surface area contributed by atoms with Gasteiger partial charge in [-0.25, -0.2) is 13.9 Å². The zero-order valence-electron chi connectivity index (χ0n) is 10.9. The number of aromatic nitrogens is 2. The van der Waals surface area contributed by atoms with E-state index >= 15 is 0 Å². The molecule has 0 N–H and O–H groups in total. The van der Waals surface area contributed by atoms with Crippen molar-refractivity contribution >= 4 is 21.9 Å². The molecule has 0 atom stereocenters. The van der Waals surface area contributed by atoms with E-state index in [4.69, 9.17) is 0 Å². The van der Waals surface area contributed by atoms with Gasteiger partial charge in [0.05, 0.1) is 12.8 Å². The Labute approximate surface area is 119 Å². The predicted octanol–water partition coefficient (Wildman–Crippen LogP) is 3.59. The summed E-state index contributed by atoms with van der Waals surface area (Å²) in [6, 6.07) is 7.31. The maximum Gasteiger partial charge on any atom is 0.358 e. The molecule has 102 valence electrons. The van der Waals surface area contributed by atoms with E-state index in [9.17, 15) is 9.18 Å². The van der Waals surface area contributed by atoms with Crippen LogP contribution in [0.5, 0.6) is 0 Å². The Morgan fingerprint density at radius 3 is 2.42 bits per heavy atom. The van der Waals surface area contributed by atoms with Crippen molar-refractivity contribution in [1.29, 1.82) is 0 Å². The van der Waals surface area contributed by atoms with Gasteiger partial charge in [-0.2, -0.15) is 5.10 Å². The molecule has 6 heteroatoms. The van der Waals surface area contributed by atoms with E-state index in [1.54, 1.807) is 12.1 Å². The Morgan fingerprint density at radius 2 is 1.89 bits per heavy atom. The lowest BCUT2D eigenvalue weighted by atomic mass is 10.3. The van der Waals surface area contributed by atoms with Gasteiger partial charge in [-0.1, -0.05) is 13.8 Å². The maximum atomic E-state index is 12.8. The van der Waals surface area contributed by atoms with Gasteiger partial charge >= 0.3 is 5.97 Å². The van der Waals surface area contributed by atoms with Crippen LogP contribution in [0.2, 0.25) is 0 Å². The zero-order valence-corrected chi connectivity index (χ0v) is 12.4. The first-order chi connectivity index (χ1) is 9.11. The van der Waals surface area contributed by atoms with E-state index in [0.29, 0.717) is 10.3 Å². The van der Waals surface area contributed by atoms with Crippen molar-refractivity contribution < 1.29 is 13.9 Å². The molecule has 0 aliphatic carbocycles. The van der Waals surface area contributed by atoms with Gasteiger partial charge in [0, 0.05) is 6.07 Å². The molecule has 19 heavy (non-hydrogen) atoms. The standard InChI is InChI=1S/C11H8BrFN2O2.C2H6/c1-17-11(16)9-6-10(12)15(14-9)8-4-2-7(13)3-5-8;1-2/h2-6H,1H3;1-2H3. The van der Waals surface area contributed by atoms with Crippen LogP contribution in [-0.4, -0.2) is 22.9 Å². The van der Waals surface area contributed by atoms with Crippen molar-refractivity contribution in [2.75, 3.05) is 7.11 Å². The first-order valence-electron chi connectivity index (χ1n) is 5.71. The van der Waals surface area contributed by atoms with Gasteiger partial charge in [0.1, 0.15) is 10.4 Å². The molecule has 0 saturated heterocycles. The third kappa shape index (κ3) is 3.64. The van der Waals surface area contributed by atoms with Gasteiger partial charge in [0.15, 0.2) is 5.69 Å². The predicted molar refractivity (Wildman–Crippen MR) is 73.9 cm³/mol. The number of halogens is 2. The highest BCUT2D eigenvalue weighted by molar-refractivity contribution is 9.10. The topological polar surface area (TPSA) is 44.1 Å². The van der Waals surface area contributed by atoms with E-state index in [1.165, 1.54) is 30.0 Å². The van der Waals surface area contributed by atoms with Crippen LogP contribution in [0.4, 0.5) is 4.39 Å². The third-order valence-corrected chi connectivity index (χ3v) is 2.70. The van der Waals surface area contributed by atoms with Crippen LogP contribution in [0.1, 0.15) is 24.3 Å². The number of rotatable bonds is 2. The lowest BCUT2D eigenvalue weighted by Gasteiger charge is -2.02. The summed E-state index contributed by atoms with van der Waals surface area (Å²) in [6.07, 6.45) is 0. The van der Waals surface area contributed by atoms with Crippen LogP contribution >= 0.6 is 15.9 Å². The fourth-order valence-corrected chi connectivity index (χ4v) is 1.83. The van der Waals surface area contributed by atoms with Gasteiger partial charge in [-0.05, 0) is 40.2 Å². The molecular formula is C13H14BrFN2O2. The molecule has 1 heterocycles. The Hall–Kier alpha value is -1.69. The molecule has 4 nitrogen and oxygen atoms in total. The molecule has 0 aliphatic heterocycles. The summed E-state index contributed by atoms with van der Waals surface area (Å²) in [7, 11) is 1.28. The average molecular weight is 329 g/mol. The average Bonchev–Trinajstić information content (AvgIpc) is 2.83. The minimum Gasteiger partial charge on any atom is -0.464 e. The van der Waals surface area contributed by atoms with Crippen LogP contribution in [-0.2, 0) is 4.74 Å². The number of carbonyl (C=O) groups is 1. The Balaban J connectivity index is 0.000000861. The maximum absolute atomic E-state index is 12.8. The van der Waals surface area contributed by atoms with Crippen LogP contribution in [0, 0.1) is 5.82 Å². The molecule has 0 saturated carbocycles. The quantitative estimate of drug-likeness (QED) is 0.791. The summed E-state index contributed by atoms with van der Waals surface area (Å²) in [4.78, 5) is 11.3. The second-order valence-corrected chi connectivity index (χ2v) is 4.04. The molecule has 0 spiro atoms. The molecule has 0 unspecified atom stereocenters. The summed E-state index contributed by atoms with van der Waals surface area (Å²) in [5.74, 6) is -0.850. The van der Waals surface area contributed by atoms with Crippen molar-refractivity contribution in [2.24, 2.45) is 0 Å². The van der Waals surface area contributed by atoms with Crippen molar-refractivity contribution in [3.8, 4) is 5.69 Å². The molecule has 0 amide bonds. The van der Waals surface area contributed by atoms with Gasteiger partial charge in [-0.15, -0.1) is 0 Å². The van der Waals surface area contributed by atoms with E-state index in [-0.39, 0.29) is 11.5 Å². The van der Waals surface area contributed by atoms with E-state index in [2.05, 4.69) is 25.8 Å². The van der Waals surface area contributed by atoms with Gasteiger partial charge in [-0.3, -0.25) is 0 Å². The van der Waals surface area contributed by atoms with Crippen molar-refractivity contribution in [3.05, 3.63) is 46.4 Å². The largest absolute Gasteiger partial charge is 0.464 e. The summed E-state index contributed by atoms with van der Waals surface area (Å²) in [6.45, 7) is 4.00. The molecule has 0 bridgehead atoms. The van der Waals surface area contributed by atoms with Crippen molar-refractivity contribution in [3.63, 3.8) is 0 Å². The summed E-state index contributed by atoms with van der Waals surface area (Å²) >= 11 is 3.27. The van der Waals surface area contributed by atoms with Crippen LogP contribution in [0.3, 0.4) is 0 Å². The van der Waals surface area contributed by atoms with Gasteiger partial charge in [0.2, 0.25) is 0 Å². The molecule has 2 aromatic rings. The Kier molecular flexibility index (Phi) is 5.69. The van der Waals surface area contributed by atoms with Gasteiger partial charge < -0.3 is 4.74 Å². The first kappa shape index (κ1) is 15.4. The normalized spacial score (nSPS) is 9.53. The number of ether oxygens (including phenoxy) is 1. The molecule has 0 fully saturated rings. The van der Waals surface area contributed by atoms with E-state index < -0.39 is 5.97 Å². The number of benzene rings is 1. The zero-order chi connectivity index (χ0) is 14.4. The summed E-state index contributed by atoms with van der Waals surface area (Å²) in [5.41, 5.74) is 0.831. The second kappa shape index (κ2) is 7.04. The van der Waals surface area contributed by atoms with Crippen LogP contribution in [0.25, 0.3) is 5.69 Å². The molecule has 2 rings (SSSR count). The first-order valence-corrected chi connectivity index (χ1v) is 6.51. The molecule has 0 aliphatic rings. The number of hydrogen-bond donors (Lipinski definition) is 0. The monoisotopic (exact) mass is 328 g/mol. The molecule has 1 aromatic heterocycles. The second-order valence-electron chi connectivity index (χ2n) is 3.23. The Morgan fingerprint density at radius 1 is 1.32 bits per heavy atom. The van der Waals surface area contributed by atoms with Crippen molar-refractivity contribution in [2.45, 2.75) is 13.8 Å². The number of esters is 1. The molecular weight excluding hydrogens is 315 g/mol. The highest BCUT2D eigenvalue weighted by atomic mass is 79.9. The van der Waals surface area contributed by atoms with Crippen molar-refractivity contribution in [1.82, 2.24) is 9.78 Å². The highest BCUT2D eigenvalue weighted by Gasteiger charge is 2.14.